The zero-order valence-electron chi connectivity index (χ0n) is 11.8. The van der Waals surface area contributed by atoms with Gasteiger partial charge in [-0.3, -0.25) is 0 Å². The first-order chi connectivity index (χ1) is 11.2. The van der Waals surface area contributed by atoms with Crippen molar-refractivity contribution in [3.8, 4) is 0 Å². The van der Waals surface area contributed by atoms with Crippen molar-refractivity contribution in [2.75, 3.05) is 0 Å². The van der Waals surface area contributed by atoms with Crippen molar-refractivity contribution in [1.29, 1.82) is 0 Å². The number of aliphatic hydroxyl groups excluding tert-OH is 3. The summed E-state index contributed by atoms with van der Waals surface area (Å²) in [6, 6.07) is 4.67. The maximum atomic E-state index is 11.2. The van der Waals surface area contributed by atoms with Crippen molar-refractivity contribution in [2.24, 2.45) is 0 Å². The fraction of sp³-hybridized carbons (Fsp3) is 0.357. The number of aromatic amines is 1. The van der Waals surface area contributed by atoms with Crippen LogP contribution in [-0.4, -0.2) is 60.9 Å². The van der Waals surface area contributed by atoms with Gasteiger partial charge >= 0.3 is 5.97 Å². The number of fused-ring (bicyclic) bond motifs is 1. The Kier molecular flexibility index (Phi) is 4.37. The highest BCUT2D eigenvalue weighted by Gasteiger charge is 2.56. The first kappa shape index (κ1) is 17.6. The number of nitrogens with one attached hydrogen (secondary N) is 1. The van der Waals surface area contributed by atoms with Crippen LogP contribution in [0.15, 0.2) is 22.7 Å². The quantitative estimate of drug-likeness (QED) is 0.408. The number of aliphatic hydroxyl groups is 4. The van der Waals surface area contributed by atoms with Crippen LogP contribution in [0.5, 0.6) is 0 Å². The van der Waals surface area contributed by atoms with Crippen molar-refractivity contribution >= 4 is 44.4 Å². The van der Waals surface area contributed by atoms with E-state index in [-0.39, 0.29) is 5.69 Å². The van der Waals surface area contributed by atoms with Crippen LogP contribution in [0.3, 0.4) is 0 Å². The molecule has 1 aromatic heterocycles. The molecule has 2 heterocycles. The summed E-state index contributed by atoms with van der Waals surface area (Å²) in [5.41, 5.74) is 0.386. The molecule has 6 N–H and O–H groups in total. The Hall–Kier alpha value is -1.20. The molecule has 0 spiro atoms. The zero-order chi connectivity index (χ0) is 17.8. The minimum absolute atomic E-state index is 0.109. The lowest BCUT2D eigenvalue weighted by molar-refractivity contribution is -0.351. The highest BCUT2D eigenvalue weighted by Crippen LogP contribution is 2.39. The van der Waals surface area contributed by atoms with E-state index in [4.69, 9.17) is 21.4 Å². The number of aliphatic carboxylic acids is 1. The van der Waals surface area contributed by atoms with Crippen LogP contribution in [0.4, 0.5) is 0 Å². The van der Waals surface area contributed by atoms with Gasteiger partial charge in [-0.05, 0) is 34.1 Å². The second kappa shape index (κ2) is 5.95. The third-order valence-corrected chi connectivity index (χ3v) is 5.31. The molecule has 1 aliphatic heterocycles. The van der Waals surface area contributed by atoms with Crippen molar-refractivity contribution in [2.45, 2.75) is 30.2 Å². The summed E-state index contributed by atoms with van der Waals surface area (Å²) in [4.78, 5) is 14.0. The number of rotatable bonds is 2. The summed E-state index contributed by atoms with van der Waals surface area (Å²) in [5, 5.41) is 50.3. The number of ether oxygens (including phenoxy) is 1. The molecule has 1 aromatic carbocycles. The molecule has 1 aliphatic rings. The van der Waals surface area contributed by atoms with Crippen molar-refractivity contribution in [3.05, 3.63) is 33.4 Å². The lowest BCUT2D eigenvalue weighted by atomic mass is 9.90. The molecule has 0 aliphatic carbocycles. The molecule has 0 amide bonds. The Balaban J connectivity index is 2.12. The summed E-state index contributed by atoms with van der Waals surface area (Å²) >= 11 is 9.41. The predicted octanol–water partition coefficient (Wildman–Crippen LogP) is 0.295. The number of aromatic nitrogens is 1. The van der Waals surface area contributed by atoms with Gasteiger partial charge in [0.25, 0.3) is 0 Å². The van der Waals surface area contributed by atoms with E-state index >= 15 is 0 Å². The molecule has 0 unspecified atom stereocenters. The molecule has 1 saturated heterocycles. The number of carboxylic acids is 1. The van der Waals surface area contributed by atoms with Crippen LogP contribution < -0.4 is 0 Å². The Morgan fingerprint density at radius 3 is 2.58 bits per heavy atom. The molecule has 24 heavy (non-hydrogen) atoms. The number of hydrogen-bond donors (Lipinski definition) is 6. The number of halogens is 2. The van der Waals surface area contributed by atoms with Gasteiger partial charge in [-0.1, -0.05) is 11.6 Å². The van der Waals surface area contributed by atoms with Crippen molar-refractivity contribution in [3.63, 3.8) is 0 Å². The molecule has 10 heteroatoms. The second-order valence-corrected chi connectivity index (χ2v) is 6.74. The van der Waals surface area contributed by atoms with E-state index in [1.54, 1.807) is 12.1 Å². The molecule has 8 nitrogen and oxygen atoms in total. The summed E-state index contributed by atoms with van der Waals surface area (Å²) in [6.07, 6.45) is -7.75. The third-order valence-electron chi connectivity index (χ3n) is 4.01. The Morgan fingerprint density at radius 1 is 1.29 bits per heavy atom. The monoisotopic (exact) mass is 421 g/mol. The van der Waals surface area contributed by atoms with Crippen molar-refractivity contribution in [1.82, 2.24) is 4.98 Å². The summed E-state index contributed by atoms with van der Waals surface area (Å²) < 4.78 is 5.62. The molecular formula is C14H13BrClNO7. The van der Waals surface area contributed by atoms with E-state index in [9.17, 15) is 25.2 Å². The van der Waals surface area contributed by atoms with Gasteiger partial charge in [0.05, 0.1) is 10.7 Å². The Morgan fingerprint density at radius 2 is 1.96 bits per heavy atom. The van der Waals surface area contributed by atoms with Gasteiger partial charge < -0.3 is 35.3 Å². The van der Waals surface area contributed by atoms with Gasteiger partial charge in [-0.2, -0.15) is 0 Å². The van der Waals surface area contributed by atoms with Gasteiger partial charge in [-0.15, -0.1) is 0 Å². The Bertz CT molecular complexity index is 812. The smallest absolute Gasteiger partial charge is 0.335 e. The van der Waals surface area contributed by atoms with E-state index in [1.165, 1.54) is 6.07 Å². The van der Waals surface area contributed by atoms with Gasteiger partial charge in [0.1, 0.15) is 18.3 Å². The maximum absolute atomic E-state index is 11.2. The zero-order valence-corrected chi connectivity index (χ0v) is 14.2. The predicted molar refractivity (Wildman–Crippen MR) is 85.4 cm³/mol. The highest BCUT2D eigenvalue weighted by atomic mass is 79.9. The minimum Gasteiger partial charge on any atom is -0.479 e. The van der Waals surface area contributed by atoms with Crippen LogP contribution >= 0.6 is 27.5 Å². The van der Waals surface area contributed by atoms with E-state index in [2.05, 4.69) is 20.9 Å². The van der Waals surface area contributed by atoms with Crippen LogP contribution in [0.2, 0.25) is 5.02 Å². The largest absolute Gasteiger partial charge is 0.479 e. The molecule has 0 bridgehead atoms. The van der Waals surface area contributed by atoms with Crippen LogP contribution in [0, 0.1) is 0 Å². The molecule has 1 fully saturated rings. The van der Waals surface area contributed by atoms with Crippen LogP contribution in [-0.2, 0) is 15.3 Å². The van der Waals surface area contributed by atoms with E-state index < -0.39 is 36.2 Å². The standard InChI is InChI=1S/C14H13BrClNO7/c15-5-1-2-6-4(8(5)16)3-7(17-6)14(23)12(20)10(19)9(18)11(24-14)13(21)22/h1-3,9-12,17-20,23H,(H,21,22)/t9-,10-,11-,12+,14+/m0/s1. The minimum atomic E-state index is -2.57. The fourth-order valence-electron chi connectivity index (χ4n) is 2.68. The molecule has 0 saturated carbocycles. The molecular weight excluding hydrogens is 410 g/mol. The second-order valence-electron chi connectivity index (χ2n) is 5.50. The third kappa shape index (κ3) is 2.53. The lowest BCUT2D eigenvalue weighted by Crippen LogP contribution is -2.64. The first-order valence-corrected chi connectivity index (χ1v) is 7.98. The molecule has 3 rings (SSSR count). The average Bonchev–Trinajstić information content (AvgIpc) is 2.98. The number of carboxylic acid groups (broad SMARTS) is 1. The highest BCUT2D eigenvalue weighted by molar-refractivity contribution is 9.10. The van der Waals surface area contributed by atoms with Gasteiger partial charge in [-0.25, -0.2) is 4.79 Å². The van der Waals surface area contributed by atoms with Crippen LogP contribution in [0.25, 0.3) is 10.9 Å². The normalized spacial score (nSPS) is 33.8. The van der Waals surface area contributed by atoms with Gasteiger partial charge in [0.2, 0.25) is 5.79 Å². The topological polar surface area (TPSA) is 143 Å². The number of H-pyrrole nitrogens is 1. The van der Waals surface area contributed by atoms with Gasteiger partial charge in [0, 0.05) is 15.4 Å². The summed E-state index contributed by atoms with van der Waals surface area (Å²) in [6.45, 7) is 0. The maximum Gasteiger partial charge on any atom is 0.335 e. The van der Waals surface area contributed by atoms with E-state index in [0.29, 0.717) is 20.4 Å². The molecule has 5 atom stereocenters. The number of hydrogen-bond acceptors (Lipinski definition) is 6. The first-order valence-electron chi connectivity index (χ1n) is 6.81. The number of benzene rings is 1. The molecule has 130 valence electrons. The van der Waals surface area contributed by atoms with E-state index in [1.807, 2.05) is 0 Å². The summed E-state index contributed by atoms with van der Waals surface area (Å²) in [7, 11) is 0. The number of carbonyl (C=O) groups is 1. The molecule has 0 radical (unpaired) electrons. The summed E-state index contributed by atoms with van der Waals surface area (Å²) in [5.74, 6) is -4.17. The fourth-order valence-corrected chi connectivity index (χ4v) is 3.25. The molecule has 2 aromatic rings. The van der Waals surface area contributed by atoms with E-state index in [0.717, 1.165) is 0 Å². The lowest BCUT2D eigenvalue weighted by Gasteiger charge is -2.43. The van der Waals surface area contributed by atoms with Crippen LogP contribution in [0.1, 0.15) is 5.69 Å². The average molecular weight is 423 g/mol. The SMILES string of the molecule is O=C(O)[C@H]1O[C@](O)(c2cc3c(Cl)c(Br)ccc3[nH]2)[C@H](O)[C@@H](O)[C@@H]1O. The van der Waals surface area contributed by atoms with Crippen molar-refractivity contribution < 1.29 is 35.1 Å². The Labute approximate surface area is 148 Å². The van der Waals surface area contributed by atoms with Gasteiger partial charge in [0.15, 0.2) is 6.10 Å².